The first kappa shape index (κ1) is 21.4. The van der Waals surface area contributed by atoms with E-state index in [1.54, 1.807) is 11.8 Å². The predicted octanol–water partition coefficient (Wildman–Crippen LogP) is 6.74. The first-order valence-corrected chi connectivity index (χ1v) is 11.7. The summed E-state index contributed by atoms with van der Waals surface area (Å²) < 4.78 is 0. The molecule has 0 aliphatic carbocycles. The number of benzene rings is 3. The molecule has 1 aliphatic rings. The van der Waals surface area contributed by atoms with Crippen LogP contribution in [0, 0.1) is 6.92 Å². The predicted molar refractivity (Wildman–Crippen MR) is 130 cm³/mol. The Kier molecular flexibility index (Phi) is 6.57. The largest absolute Gasteiger partial charge is 0.350 e. The Labute approximate surface area is 189 Å². The van der Waals surface area contributed by atoms with Crippen molar-refractivity contribution < 1.29 is 4.79 Å². The Morgan fingerprint density at radius 1 is 1.03 bits per heavy atom. The van der Waals surface area contributed by atoms with Crippen LogP contribution in [0.2, 0.25) is 0 Å². The second-order valence-corrected chi connectivity index (χ2v) is 9.18. The molecule has 1 heterocycles. The van der Waals surface area contributed by atoms with Gasteiger partial charge in [0.1, 0.15) is 0 Å². The molecule has 1 aliphatic heterocycles. The topological polar surface area (TPSA) is 41.5 Å². The number of nitrogens with zero attached hydrogens (tertiary/aromatic N) is 1. The minimum atomic E-state index is -0.0424. The first-order chi connectivity index (χ1) is 15.0. The fraction of sp³-hybridized carbons (Fsp3) is 0.259. The number of hydrogen-bond donors (Lipinski definition) is 1. The highest BCUT2D eigenvalue weighted by molar-refractivity contribution is 7.99. The average Bonchev–Trinajstić information content (AvgIpc) is 2.94. The van der Waals surface area contributed by atoms with Crippen LogP contribution in [0.3, 0.4) is 0 Å². The molecule has 1 atom stereocenters. The van der Waals surface area contributed by atoms with E-state index in [0.29, 0.717) is 5.56 Å². The fourth-order valence-corrected chi connectivity index (χ4v) is 4.80. The molecule has 0 aromatic heterocycles. The quantitative estimate of drug-likeness (QED) is 0.472. The third-order valence-electron chi connectivity index (χ3n) is 5.56. The van der Waals surface area contributed by atoms with Crippen LogP contribution in [0.4, 0.5) is 5.69 Å². The van der Waals surface area contributed by atoms with Gasteiger partial charge >= 0.3 is 0 Å². The van der Waals surface area contributed by atoms with Crippen LogP contribution in [-0.2, 0) is 6.42 Å². The van der Waals surface area contributed by atoms with Gasteiger partial charge in [0, 0.05) is 32.7 Å². The Hall–Kier alpha value is -2.85. The van der Waals surface area contributed by atoms with Crippen LogP contribution in [0.1, 0.15) is 53.7 Å². The number of hydrogen-bond acceptors (Lipinski definition) is 3. The molecule has 3 aromatic carbocycles. The zero-order valence-corrected chi connectivity index (χ0v) is 19.1. The molecule has 4 rings (SSSR count). The molecule has 3 aromatic rings. The summed E-state index contributed by atoms with van der Waals surface area (Å²) in [6.45, 7) is 6.30. The zero-order valence-electron chi connectivity index (χ0n) is 18.3. The molecule has 1 N–H and O–H groups in total. The number of carbonyl (C=O) groups excluding carboxylic acids is 1. The maximum atomic E-state index is 12.9. The van der Waals surface area contributed by atoms with Crippen LogP contribution in [0.5, 0.6) is 0 Å². The average molecular weight is 429 g/mol. The van der Waals surface area contributed by atoms with Gasteiger partial charge in [-0.1, -0.05) is 60.6 Å². The van der Waals surface area contributed by atoms with E-state index < -0.39 is 0 Å². The van der Waals surface area contributed by atoms with Crippen molar-refractivity contribution in [1.82, 2.24) is 5.32 Å². The molecule has 1 amide bonds. The number of aryl methyl sites for hydroxylation is 2. The number of nitrogens with one attached hydrogen (secondary N) is 1. The van der Waals surface area contributed by atoms with Gasteiger partial charge in [-0.3, -0.25) is 9.79 Å². The first-order valence-electron chi connectivity index (χ1n) is 10.9. The van der Waals surface area contributed by atoms with Crippen LogP contribution in [0.15, 0.2) is 81.5 Å². The van der Waals surface area contributed by atoms with Crippen molar-refractivity contribution in [3.63, 3.8) is 0 Å². The molecule has 0 fully saturated rings. The van der Waals surface area contributed by atoms with Gasteiger partial charge in [-0.05, 0) is 69.0 Å². The van der Waals surface area contributed by atoms with Gasteiger partial charge in [-0.15, -0.1) is 0 Å². The van der Waals surface area contributed by atoms with Crippen LogP contribution < -0.4 is 5.32 Å². The Bertz CT molecular complexity index is 1120. The standard InChI is InChI=1S/C27H28N2OS/c1-4-23-22-16-18(2)10-14-25(22)31-26-15-13-21(17-24(26)29-23)27(30)28-19(3)11-12-20-8-6-5-7-9-20/h5-10,13-17,19H,4,11-12H2,1-3H3,(H,28,30). The van der Waals surface area contributed by atoms with E-state index in [-0.39, 0.29) is 11.9 Å². The maximum absolute atomic E-state index is 12.9. The van der Waals surface area contributed by atoms with Crippen molar-refractivity contribution in [3.05, 3.63) is 89.0 Å². The zero-order chi connectivity index (χ0) is 21.8. The molecule has 0 bridgehead atoms. The molecule has 158 valence electrons. The Morgan fingerprint density at radius 3 is 2.58 bits per heavy atom. The number of amides is 1. The van der Waals surface area contributed by atoms with E-state index in [1.807, 2.05) is 24.3 Å². The van der Waals surface area contributed by atoms with Gasteiger partial charge in [0.05, 0.1) is 5.69 Å². The lowest BCUT2D eigenvalue weighted by atomic mass is 10.0. The van der Waals surface area contributed by atoms with E-state index in [4.69, 9.17) is 4.99 Å². The molecular weight excluding hydrogens is 400 g/mol. The molecule has 31 heavy (non-hydrogen) atoms. The summed E-state index contributed by atoms with van der Waals surface area (Å²) in [5.74, 6) is -0.0424. The molecule has 0 saturated heterocycles. The monoisotopic (exact) mass is 428 g/mol. The summed E-state index contributed by atoms with van der Waals surface area (Å²) in [5, 5.41) is 3.14. The minimum absolute atomic E-state index is 0.0424. The second-order valence-electron chi connectivity index (χ2n) is 8.10. The molecular formula is C27H28N2OS. The third kappa shape index (κ3) is 5.08. The Balaban J connectivity index is 1.50. The van der Waals surface area contributed by atoms with E-state index in [9.17, 15) is 4.79 Å². The highest BCUT2D eigenvalue weighted by Crippen LogP contribution is 2.41. The summed E-state index contributed by atoms with van der Waals surface area (Å²) >= 11 is 1.72. The fourth-order valence-electron chi connectivity index (χ4n) is 3.79. The van der Waals surface area contributed by atoms with Gasteiger partial charge < -0.3 is 5.32 Å². The van der Waals surface area contributed by atoms with Gasteiger partial charge in [-0.2, -0.15) is 0 Å². The second kappa shape index (κ2) is 9.52. The van der Waals surface area contributed by atoms with Crippen molar-refractivity contribution in [2.24, 2.45) is 4.99 Å². The van der Waals surface area contributed by atoms with Crippen molar-refractivity contribution in [1.29, 1.82) is 0 Å². The number of carbonyl (C=O) groups is 1. The van der Waals surface area contributed by atoms with Crippen molar-refractivity contribution in [3.8, 4) is 0 Å². The molecule has 0 saturated carbocycles. The maximum Gasteiger partial charge on any atom is 0.251 e. The SMILES string of the molecule is CCC1=Nc2cc(C(=O)NC(C)CCc3ccccc3)ccc2Sc2ccc(C)cc21. The van der Waals surface area contributed by atoms with Crippen molar-refractivity contribution >= 4 is 29.1 Å². The molecule has 1 unspecified atom stereocenters. The van der Waals surface area contributed by atoms with Crippen molar-refractivity contribution in [2.45, 2.75) is 55.9 Å². The van der Waals surface area contributed by atoms with Gasteiger partial charge in [0.2, 0.25) is 0 Å². The third-order valence-corrected chi connectivity index (χ3v) is 6.70. The summed E-state index contributed by atoms with van der Waals surface area (Å²) in [7, 11) is 0. The summed E-state index contributed by atoms with van der Waals surface area (Å²) in [5.41, 5.74) is 6.33. The molecule has 3 nitrogen and oxygen atoms in total. The van der Waals surface area contributed by atoms with E-state index >= 15 is 0 Å². The smallest absolute Gasteiger partial charge is 0.251 e. The summed E-state index contributed by atoms with van der Waals surface area (Å²) in [6, 6.07) is 22.9. The van der Waals surface area contributed by atoms with E-state index in [0.717, 1.165) is 35.6 Å². The number of aliphatic imine (C=N–C) groups is 1. The number of fused-ring (bicyclic) bond motifs is 2. The van der Waals surface area contributed by atoms with Crippen LogP contribution in [-0.4, -0.2) is 17.7 Å². The van der Waals surface area contributed by atoms with E-state index in [1.165, 1.54) is 21.6 Å². The van der Waals surface area contributed by atoms with E-state index in [2.05, 4.69) is 68.6 Å². The molecule has 0 spiro atoms. The van der Waals surface area contributed by atoms with Crippen LogP contribution >= 0.6 is 11.8 Å². The minimum Gasteiger partial charge on any atom is -0.350 e. The van der Waals surface area contributed by atoms with Crippen molar-refractivity contribution in [2.75, 3.05) is 0 Å². The van der Waals surface area contributed by atoms with Crippen LogP contribution in [0.25, 0.3) is 0 Å². The summed E-state index contributed by atoms with van der Waals surface area (Å²) in [4.78, 5) is 20.1. The normalized spacial score (nSPS) is 13.5. The lowest BCUT2D eigenvalue weighted by molar-refractivity contribution is 0.0938. The Morgan fingerprint density at radius 2 is 1.81 bits per heavy atom. The lowest BCUT2D eigenvalue weighted by Gasteiger charge is -2.14. The lowest BCUT2D eigenvalue weighted by Crippen LogP contribution is -2.32. The molecule has 0 radical (unpaired) electrons. The van der Waals surface area contributed by atoms with Gasteiger partial charge in [0.15, 0.2) is 0 Å². The highest BCUT2D eigenvalue weighted by Gasteiger charge is 2.19. The summed E-state index contributed by atoms with van der Waals surface area (Å²) in [6.07, 6.45) is 2.71. The molecule has 4 heteroatoms. The highest BCUT2D eigenvalue weighted by atomic mass is 32.2. The van der Waals surface area contributed by atoms with Gasteiger partial charge in [0.25, 0.3) is 5.91 Å². The number of rotatable bonds is 6. The van der Waals surface area contributed by atoms with Gasteiger partial charge in [-0.25, -0.2) is 0 Å².